The summed E-state index contributed by atoms with van der Waals surface area (Å²) in [6, 6.07) is 15.7. The minimum absolute atomic E-state index is 0.465. The van der Waals surface area contributed by atoms with Crippen LogP contribution in [0.5, 0.6) is 0 Å². The fourth-order valence-electron chi connectivity index (χ4n) is 2.52. The van der Waals surface area contributed by atoms with Gasteiger partial charge >= 0.3 is 0 Å². The van der Waals surface area contributed by atoms with E-state index in [2.05, 4.69) is 4.98 Å². The van der Waals surface area contributed by atoms with Crippen molar-refractivity contribution < 1.29 is 5.11 Å². The van der Waals surface area contributed by atoms with Gasteiger partial charge in [0.1, 0.15) is 0 Å². The lowest BCUT2D eigenvalue weighted by Crippen LogP contribution is -1.97. The van der Waals surface area contributed by atoms with E-state index in [1.165, 1.54) is 0 Å². The number of pyridine rings is 1. The Balaban J connectivity index is 2.29. The second-order valence-corrected chi connectivity index (χ2v) is 5.51. The molecule has 0 saturated carbocycles. The molecule has 0 bridgehead atoms. The first-order chi connectivity index (χ1) is 10.2. The molecule has 3 rings (SSSR count). The van der Waals surface area contributed by atoms with Crippen molar-refractivity contribution in [2.45, 2.75) is 19.4 Å². The number of hydrogen-bond donors (Lipinski definition) is 1. The number of hydrogen-bond acceptors (Lipinski definition) is 2. The van der Waals surface area contributed by atoms with Gasteiger partial charge < -0.3 is 5.11 Å². The molecule has 0 aliphatic rings. The van der Waals surface area contributed by atoms with E-state index in [1.54, 1.807) is 6.20 Å². The number of aliphatic hydroxyl groups is 1. The summed E-state index contributed by atoms with van der Waals surface area (Å²) in [7, 11) is 0. The molecule has 0 saturated heterocycles. The summed E-state index contributed by atoms with van der Waals surface area (Å²) in [4.78, 5) is 4.49. The van der Waals surface area contributed by atoms with Gasteiger partial charge in [-0.3, -0.25) is 4.98 Å². The molecule has 3 aromatic rings. The lowest BCUT2D eigenvalue weighted by Gasteiger charge is -2.13. The summed E-state index contributed by atoms with van der Waals surface area (Å²) in [6.45, 7) is 1.97. The molecule has 1 N–H and O–H groups in total. The van der Waals surface area contributed by atoms with Gasteiger partial charge in [0.15, 0.2) is 0 Å². The second-order valence-electron chi connectivity index (χ2n) is 5.08. The van der Waals surface area contributed by atoms with Gasteiger partial charge in [0.05, 0.1) is 11.6 Å². The van der Waals surface area contributed by atoms with Crippen molar-refractivity contribution in [1.29, 1.82) is 0 Å². The zero-order valence-corrected chi connectivity index (χ0v) is 12.5. The molecule has 0 radical (unpaired) electrons. The Morgan fingerprint density at radius 2 is 2.00 bits per heavy atom. The van der Waals surface area contributed by atoms with E-state index in [1.807, 2.05) is 55.5 Å². The molecule has 1 atom stereocenters. The Morgan fingerprint density at radius 1 is 1.14 bits per heavy atom. The van der Waals surface area contributed by atoms with Crippen LogP contribution in [-0.4, -0.2) is 10.1 Å². The van der Waals surface area contributed by atoms with E-state index < -0.39 is 6.10 Å². The quantitative estimate of drug-likeness (QED) is 0.738. The normalized spacial score (nSPS) is 12.5. The third kappa shape index (κ3) is 2.78. The van der Waals surface area contributed by atoms with Crippen LogP contribution in [0.25, 0.3) is 22.0 Å². The van der Waals surface area contributed by atoms with Crippen LogP contribution < -0.4 is 0 Å². The van der Waals surface area contributed by atoms with Gasteiger partial charge in [0.2, 0.25) is 0 Å². The average molecular weight is 298 g/mol. The van der Waals surface area contributed by atoms with Gasteiger partial charge in [-0.15, -0.1) is 0 Å². The molecule has 1 aromatic heterocycles. The van der Waals surface area contributed by atoms with Crippen LogP contribution in [0.1, 0.15) is 25.0 Å². The van der Waals surface area contributed by atoms with Crippen LogP contribution in [0.2, 0.25) is 5.02 Å². The van der Waals surface area contributed by atoms with Crippen molar-refractivity contribution in [3.63, 3.8) is 0 Å². The zero-order chi connectivity index (χ0) is 14.8. The van der Waals surface area contributed by atoms with Crippen molar-refractivity contribution in [3.05, 3.63) is 65.3 Å². The highest BCUT2D eigenvalue weighted by Crippen LogP contribution is 2.32. The summed E-state index contributed by atoms with van der Waals surface area (Å²) in [6.07, 6.45) is 2.00. The smallest absolute Gasteiger partial charge is 0.0787 e. The minimum Gasteiger partial charge on any atom is -0.388 e. The van der Waals surface area contributed by atoms with Crippen LogP contribution in [0, 0.1) is 0 Å². The van der Waals surface area contributed by atoms with E-state index in [-0.39, 0.29) is 0 Å². The monoisotopic (exact) mass is 297 g/mol. The largest absolute Gasteiger partial charge is 0.388 e. The maximum Gasteiger partial charge on any atom is 0.0787 e. The Morgan fingerprint density at radius 3 is 2.76 bits per heavy atom. The van der Waals surface area contributed by atoms with Crippen molar-refractivity contribution >= 4 is 22.5 Å². The fourth-order valence-corrected chi connectivity index (χ4v) is 2.71. The SMILES string of the molecule is CCC(O)c1cc(-c2cccc(Cl)c2)c2ncccc2c1. The maximum absolute atomic E-state index is 10.2. The van der Waals surface area contributed by atoms with Crippen LogP contribution in [0.3, 0.4) is 0 Å². The number of nitrogens with zero attached hydrogens (tertiary/aromatic N) is 1. The summed E-state index contributed by atoms with van der Waals surface area (Å²) in [5, 5.41) is 11.9. The highest BCUT2D eigenvalue weighted by Gasteiger charge is 2.12. The van der Waals surface area contributed by atoms with Crippen LogP contribution in [0.15, 0.2) is 54.7 Å². The Bertz CT molecular complexity index is 785. The lowest BCUT2D eigenvalue weighted by molar-refractivity contribution is 0.174. The van der Waals surface area contributed by atoms with Gasteiger partial charge in [-0.1, -0.05) is 36.7 Å². The first-order valence-corrected chi connectivity index (χ1v) is 7.39. The topological polar surface area (TPSA) is 33.1 Å². The number of rotatable bonds is 3. The highest BCUT2D eigenvalue weighted by atomic mass is 35.5. The number of aromatic nitrogens is 1. The summed E-state index contributed by atoms with van der Waals surface area (Å²) >= 11 is 6.11. The zero-order valence-electron chi connectivity index (χ0n) is 11.8. The molecular formula is C18H16ClNO. The molecule has 0 amide bonds. The van der Waals surface area contributed by atoms with Crippen LogP contribution in [-0.2, 0) is 0 Å². The molecule has 1 heterocycles. The van der Waals surface area contributed by atoms with E-state index in [4.69, 9.17) is 11.6 Å². The predicted octanol–water partition coefficient (Wildman–Crippen LogP) is 5.00. The number of halogens is 1. The molecule has 0 aliphatic heterocycles. The predicted molar refractivity (Wildman–Crippen MR) is 87.4 cm³/mol. The molecule has 0 fully saturated rings. The summed E-state index contributed by atoms with van der Waals surface area (Å²) in [5.74, 6) is 0. The molecule has 0 spiro atoms. The van der Waals surface area contributed by atoms with Crippen molar-refractivity contribution in [2.75, 3.05) is 0 Å². The average Bonchev–Trinajstić information content (AvgIpc) is 2.53. The molecule has 0 aliphatic carbocycles. The Kier molecular flexibility index (Phi) is 3.91. The Labute approximate surface area is 129 Å². The van der Waals surface area contributed by atoms with Gasteiger partial charge in [-0.25, -0.2) is 0 Å². The number of fused-ring (bicyclic) bond motifs is 1. The third-order valence-corrected chi connectivity index (χ3v) is 3.87. The minimum atomic E-state index is -0.465. The Hall–Kier alpha value is -1.90. The standard InChI is InChI=1S/C18H16ClNO/c1-2-17(21)14-9-13-6-4-8-20-18(13)16(11-14)12-5-3-7-15(19)10-12/h3-11,17,21H,2H2,1H3. The van der Waals surface area contributed by atoms with E-state index in [0.717, 1.165) is 27.6 Å². The summed E-state index contributed by atoms with van der Waals surface area (Å²) in [5.41, 5.74) is 3.84. The van der Waals surface area contributed by atoms with E-state index in [0.29, 0.717) is 11.4 Å². The highest BCUT2D eigenvalue weighted by molar-refractivity contribution is 6.30. The first kappa shape index (κ1) is 14.1. The molecule has 2 aromatic carbocycles. The molecule has 1 unspecified atom stereocenters. The van der Waals surface area contributed by atoms with Crippen LogP contribution in [0.4, 0.5) is 0 Å². The maximum atomic E-state index is 10.2. The molecule has 2 nitrogen and oxygen atoms in total. The molecule has 21 heavy (non-hydrogen) atoms. The van der Waals surface area contributed by atoms with Gasteiger partial charge in [-0.2, -0.15) is 0 Å². The van der Waals surface area contributed by atoms with Crippen molar-refractivity contribution in [2.24, 2.45) is 0 Å². The molecule has 106 valence electrons. The third-order valence-electron chi connectivity index (χ3n) is 3.63. The van der Waals surface area contributed by atoms with E-state index in [9.17, 15) is 5.11 Å². The molecule has 3 heteroatoms. The van der Waals surface area contributed by atoms with Crippen LogP contribution >= 0.6 is 11.6 Å². The molecular weight excluding hydrogens is 282 g/mol. The van der Waals surface area contributed by atoms with E-state index >= 15 is 0 Å². The van der Waals surface area contributed by atoms with Gasteiger partial charge in [-0.05, 0) is 47.9 Å². The first-order valence-electron chi connectivity index (χ1n) is 7.01. The number of benzene rings is 2. The number of aliphatic hydroxyl groups excluding tert-OH is 1. The van der Waals surface area contributed by atoms with Crippen molar-refractivity contribution in [1.82, 2.24) is 4.98 Å². The summed E-state index contributed by atoms with van der Waals surface area (Å²) < 4.78 is 0. The fraction of sp³-hybridized carbons (Fsp3) is 0.167. The lowest BCUT2D eigenvalue weighted by atomic mass is 9.96. The second kappa shape index (κ2) is 5.84. The van der Waals surface area contributed by atoms with Gasteiger partial charge in [0, 0.05) is 22.2 Å². The van der Waals surface area contributed by atoms with Crippen molar-refractivity contribution in [3.8, 4) is 11.1 Å². The van der Waals surface area contributed by atoms with Gasteiger partial charge in [0.25, 0.3) is 0 Å².